The average molecular weight is 637 g/mol. The van der Waals surface area contributed by atoms with Gasteiger partial charge in [-0.3, -0.25) is 0 Å². The van der Waals surface area contributed by atoms with Crippen LogP contribution in [0.4, 0.5) is 0 Å². The molecule has 6 aromatic carbocycles. The lowest BCUT2D eigenvalue weighted by molar-refractivity contribution is -0.218. The van der Waals surface area contributed by atoms with Crippen LogP contribution < -0.4 is 31.8 Å². The summed E-state index contributed by atoms with van der Waals surface area (Å²) in [5.41, 5.74) is 4.13. The third-order valence-electron chi connectivity index (χ3n) is 9.17. The van der Waals surface area contributed by atoms with Gasteiger partial charge in [0.05, 0.1) is 12.7 Å². The fourth-order valence-corrected chi connectivity index (χ4v) is 12.6. The van der Waals surface area contributed by atoms with Crippen LogP contribution >= 0.6 is 15.1 Å². The van der Waals surface area contributed by atoms with E-state index in [0.717, 1.165) is 44.6 Å². The van der Waals surface area contributed by atoms with E-state index in [-0.39, 0.29) is 6.10 Å². The highest BCUT2D eigenvalue weighted by atomic mass is 31.2. The number of rotatable bonds is 7. The number of hydrogen-bond acceptors (Lipinski definition) is 3. The molecule has 2 aliphatic heterocycles. The van der Waals surface area contributed by atoms with Crippen molar-refractivity contribution in [2.24, 2.45) is 0 Å². The normalized spacial score (nSPS) is 18.5. The second kappa shape index (κ2) is 11.9. The molecule has 0 fully saturated rings. The first-order valence-electron chi connectivity index (χ1n) is 15.8. The highest BCUT2D eigenvalue weighted by Gasteiger charge is 2.56. The van der Waals surface area contributed by atoms with Crippen molar-refractivity contribution < 1.29 is 14.0 Å². The van der Waals surface area contributed by atoms with E-state index in [0.29, 0.717) is 6.61 Å². The number of benzene rings is 6. The SMILES string of the molecule is CC[C@@H]1O[C@]2(OCc3cccc(P(c4ccccc4)c4ccccc4)c32)c2c1cccc2P(=O)(c1ccccc1)c1ccccc1. The van der Waals surface area contributed by atoms with Crippen LogP contribution in [-0.4, -0.2) is 0 Å². The minimum absolute atomic E-state index is 0.200. The van der Waals surface area contributed by atoms with E-state index in [1.165, 1.54) is 15.9 Å². The van der Waals surface area contributed by atoms with Gasteiger partial charge >= 0.3 is 0 Å². The summed E-state index contributed by atoms with van der Waals surface area (Å²) in [7, 11) is -4.31. The molecule has 0 saturated heterocycles. The van der Waals surface area contributed by atoms with Gasteiger partial charge in [0, 0.05) is 27.0 Å². The molecule has 2 atom stereocenters. The van der Waals surface area contributed by atoms with E-state index >= 15 is 4.57 Å². The third kappa shape index (κ3) is 4.57. The summed E-state index contributed by atoms with van der Waals surface area (Å²) >= 11 is 0. The summed E-state index contributed by atoms with van der Waals surface area (Å²) in [5, 5.41) is 6.10. The van der Waals surface area contributed by atoms with Crippen LogP contribution in [0, 0.1) is 0 Å². The van der Waals surface area contributed by atoms with E-state index in [9.17, 15) is 0 Å². The third-order valence-corrected chi connectivity index (χ3v) is 14.8. The van der Waals surface area contributed by atoms with Gasteiger partial charge in [-0.05, 0) is 41.4 Å². The zero-order chi connectivity index (χ0) is 31.1. The van der Waals surface area contributed by atoms with Crippen LogP contribution in [0.3, 0.4) is 0 Å². The molecule has 1 spiro atoms. The van der Waals surface area contributed by atoms with Gasteiger partial charge in [-0.1, -0.05) is 165 Å². The van der Waals surface area contributed by atoms with Crippen LogP contribution in [0.25, 0.3) is 0 Å². The Morgan fingerprint density at radius 1 is 0.652 bits per heavy atom. The largest absolute Gasteiger partial charge is 0.337 e. The molecule has 0 N–H and O–H groups in total. The molecule has 8 rings (SSSR count). The topological polar surface area (TPSA) is 35.5 Å². The molecule has 0 bridgehead atoms. The molecule has 3 nitrogen and oxygen atoms in total. The maximum Gasteiger partial charge on any atom is 0.225 e. The predicted octanol–water partition coefficient (Wildman–Crippen LogP) is 7.30. The molecule has 0 amide bonds. The summed E-state index contributed by atoms with van der Waals surface area (Å²) in [4.78, 5) is 0. The van der Waals surface area contributed by atoms with Crippen molar-refractivity contribution in [1.82, 2.24) is 0 Å². The molecule has 0 aliphatic carbocycles. The first-order chi connectivity index (χ1) is 22.6. The highest BCUT2D eigenvalue weighted by Crippen LogP contribution is 2.57. The van der Waals surface area contributed by atoms with Crippen molar-refractivity contribution in [1.29, 1.82) is 0 Å². The van der Waals surface area contributed by atoms with E-state index in [4.69, 9.17) is 9.47 Å². The standard InChI is InChI=1S/C41H34O3P2/c1-2-36-35-26-16-28-38(46(42,33-22-11-5-12-23-33)34-24-13-6-14-25-34)40(35)41(44-36)39-30(29-43-41)17-15-27-37(39)45(31-18-7-3-8-19-31)32-20-9-4-10-21-32/h3-28,36H,2,29H2,1H3/t36-,41-/m0/s1. The van der Waals surface area contributed by atoms with Crippen molar-refractivity contribution in [2.75, 3.05) is 0 Å². The first-order valence-corrected chi connectivity index (χ1v) is 18.9. The fraction of sp³-hybridized carbons (Fsp3) is 0.122. The van der Waals surface area contributed by atoms with Gasteiger partial charge in [0.1, 0.15) is 0 Å². The van der Waals surface area contributed by atoms with E-state index < -0.39 is 20.9 Å². The van der Waals surface area contributed by atoms with Crippen molar-refractivity contribution in [2.45, 2.75) is 31.8 Å². The van der Waals surface area contributed by atoms with Crippen molar-refractivity contribution >= 4 is 46.9 Å². The fourth-order valence-electron chi connectivity index (χ4n) is 7.17. The van der Waals surface area contributed by atoms with Gasteiger partial charge in [-0.15, -0.1) is 0 Å². The van der Waals surface area contributed by atoms with E-state index in [2.05, 4.69) is 91.9 Å². The van der Waals surface area contributed by atoms with Gasteiger partial charge in [-0.2, -0.15) is 0 Å². The summed E-state index contributed by atoms with van der Waals surface area (Å²) in [5.74, 6) is -1.19. The molecular weight excluding hydrogens is 602 g/mol. The number of ether oxygens (including phenoxy) is 2. The van der Waals surface area contributed by atoms with E-state index in [1.807, 2.05) is 72.8 Å². The molecule has 0 saturated carbocycles. The smallest absolute Gasteiger partial charge is 0.225 e. The Morgan fingerprint density at radius 3 is 1.76 bits per heavy atom. The number of hydrogen-bond donors (Lipinski definition) is 0. The Hall–Kier alpha value is -4.10. The molecule has 0 unspecified atom stereocenters. The first kappa shape index (κ1) is 29.3. The summed E-state index contributed by atoms with van der Waals surface area (Å²) in [6, 6.07) is 54.1. The Morgan fingerprint density at radius 2 is 1.20 bits per heavy atom. The summed E-state index contributed by atoms with van der Waals surface area (Å²) < 4.78 is 30.1. The number of fused-ring (bicyclic) bond motifs is 4. The van der Waals surface area contributed by atoms with Crippen LogP contribution in [0.15, 0.2) is 158 Å². The van der Waals surface area contributed by atoms with Gasteiger partial charge in [0.2, 0.25) is 5.79 Å². The lowest BCUT2D eigenvalue weighted by Gasteiger charge is -2.33. The molecule has 2 aliphatic rings. The van der Waals surface area contributed by atoms with Crippen LogP contribution in [0.5, 0.6) is 0 Å². The molecule has 5 heteroatoms. The zero-order valence-corrected chi connectivity index (χ0v) is 27.4. The Bertz CT molecular complexity index is 1970. The highest BCUT2D eigenvalue weighted by molar-refractivity contribution is 7.85. The molecular formula is C41H34O3P2. The second-order valence-corrected chi connectivity index (χ2v) is 16.7. The van der Waals surface area contributed by atoms with Gasteiger partial charge in [0.15, 0.2) is 7.14 Å². The van der Waals surface area contributed by atoms with Crippen molar-refractivity contribution in [3.8, 4) is 0 Å². The minimum Gasteiger partial charge on any atom is -0.337 e. The molecule has 46 heavy (non-hydrogen) atoms. The second-order valence-electron chi connectivity index (χ2n) is 11.8. The molecule has 0 radical (unpaired) electrons. The van der Waals surface area contributed by atoms with Crippen LogP contribution in [0.1, 0.15) is 41.7 Å². The van der Waals surface area contributed by atoms with Gasteiger partial charge in [0.25, 0.3) is 0 Å². The summed E-state index contributed by atoms with van der Waals surface area (Å²) in [6.45, 7) is 2.57. The quantitative estimate of drug-likeness (QED) is 0.173. The van der Waals surface area contributed by atoms with Crippen LogP contribution in [0.2, 0.25) is 0 Å². The molecule has 226 valence electrons. The lowest BCUT2D eigenvalue weighted by Crippen LogP contribution is -2.39. The van der Waals surface area contributed by atoms with Crippen molar-refractivity contribution in [3.63, 3.8) is 0 Å². The predicted molar refractivity (Wildman–Crippen MR) is 191 cm³/mol. The molecule has 0 aromatic heterocycles. The minimum atomic E-state index is -3.35. The zero-order valence-electron chi connectivity index (χ0n) is 25.6. The Labute approximate surface area is 272 Å². The van der Waals surface area contributed by atoms with Gasteiger partial charge < -0.3 is 14.0 Å². The summed E-state index contributed by atoms with van der Waals surface area (Å²) in [6.07, 6.45) is 0.570. The van der Waals surface area contributed by atoms with Crippen LogP contribution in [-0.2, 0) is 26.4 Å². The monoisotopic (exact) mass is 636 g/mol. The Balaban J connectivity index is 1.43. The molecule has 6 aromatic rings. The maximum atomic E-state index is 16.0. The lowest BCUT2D eigenvalue weighted by atomic mass is 9.93. The Kier molecular flexibility index (Phi) is 7.60. The van der Waals surface area contributed by atoms with E-state index in [1.54, 1.807) is 0 Å². The van der Waals surface area contributed by atoms with Crippen molar-refractivity contribution in [3.05, 3.63) is 180 Å². The molecule has 2 heterocycles. The van der Waals surface area contributed by atoms with Gasteiger partial charge in [-0.25, -0.2) is 0 Å². The average Bonchev–Trinajstić information content (AvgIpc) is 3.68. The maximum absolute atomic E-state index is 16.0.